The lowest BCUT2D eigenvalue weighted by Crippen LogP contribution is -2.54. The third-order valence-electron chi connectivity index (χ3n) is 6.16. The molecule has 2 N–H and O–H groups in total. The molecule has 0 saturated carbocycles. The van der Waals surface area contributed by atoms with E-state index in [1.54, 1.807) is 0 Å². The minimum atomic E-state index is -0.165. The van der Waals surface area contributed by atoms with Crippen LogP contribution in [0.25, 0.3) is 21.5 Å². The summed E-state index contributed by atoms with van der Waals surface area (Å²) in [6.07, 6.45) is 3.26. The fraction of sp³-hybridized carbons (Fsp3) is 0.261. The summed E-state index contributed by atoms with van der Waals surface area (Å²) in [6, 6.07) is 19.2. The highest BCUT2D eigenvalue weighted by molar-refractivity contribution is 8.04. The van der Waals surface area contributed by atoms with E-state index in [0.717, 1.165) is 12.8 Å². The summed E-state index contributed by atoms with van der Waals surface area (Å²) in [5.41, 5.74) is 2.57. The molecule has 0 spiro atoms. The Morgan fingerprint density at radius 2 is 1.63 bits per heavy atom. The Kier molecular flexibility index (Phi) is 3.41. The van der Waals surface area contributed by atoms with Crippen molar-refractivity contribution in [2.75, 3.05) is 0 Å². The second-order valence-corrected chi connectivity index (χ2v) is 8.90. The van der Waals surface area contributed by atoms with Crippen molar-refractivity contribution in [3.05, 3.63) is 70.6 Å². The topological polar surface area (TPSA) is 41.1 Å². The number of amides is 1. The van der Waals surface area contributed by atoms with E-state index in [4.69, 9.17) is 0 Å². The van der Waals surface area contributed by atoms with Gasteiger partial charge in [-0.2, -0.15) is 0 Å². The molecule has 2 heterocycles. The van der Waals surface area contributed by atoms with E-state index in [-0.39, 0.29) is 23.4 Å². The van der Waals surface area contributed by atoms with Gasteiger partial charge in [-0.25, -0.2) is 0 Å². The first kappa shape index (κ1) is 15.7. The zero-order valence-electron chi connectivity index (χ0n) is 14.9. The molecule has 3 atom stereocenters. The molecule has 1 amide bonds. The molecule has 3 aromatic carbocycles. The number of allylic oxidation sites excluding steroid dienone is 1. The van der Waals surface area contributed by atoms with Crippen molar-refractivity contribution in [3.8, 4) is 0 Å². The zero-order valence-corrected chi connectivity index (χ0v) is 15.7. The first-order valence-corrected chi connectivity index (χ1v) is 10.5. The van der Waals surface area contributed by atoms with Crippen LogP contribution in [0.1, 0.15) is 31.0 Å². The van der Waals surface area contributed by atoms with Crippen LogP contribution in [0.5, 0.6) is 0 Å². The summed E-state index contributed by atoms with van der Waals surface area (Å²) in [6.45, 7) is 0. The smallest absolute Gasteiger partial charge is 0.231 e. The number of carbonyl (C=O) groups excluding carboxylic acids is 1. The highest BCUT2D eigenvalue weighted by atomic mass is 32.2. The molecule has 27 heavy (non-hydrogen) atoms. The van der Waals surface area contributed by atoms with Gasteiger partial charge in [0.25, 0.3) is 0 Å². The maximum Gasteiger partial charge on any atom is 0.231 e. The first-order valence-electron chi connectivity index (χ1n) is 9.65. The van der Waals surface area contributed by atoms with E-state index in [1.165, 1.54) is 44.0 Å². The summed E-state index contributed by atoms with van der Waals surface area (Å²) in [7, 11) is 0. The number of nitrogens with one attached hydrogen (secondary N) is 2. The molecular weight excluding hydrogens is 352 g/mol. The average Bonchev–Trinajstić information content (AvgIpc) is 3.26. The Balaban J connectivity index is 1.49. The Labute approximate surface area is 162 Å². The van der Waals surface area contributed by atoms with Crippen LogP contribution in [0.4, 0.5) is 0 Å². The Morgan fingerprint density at radius 1 is 0.926 bits per heavy atom. The fourth-order valence-corrected chi connectivity index (χ4v) is 6.56. The van der Waals surface area contributed by atoms with Crippen LogP contribution >= 0.6 is 11.8 Å². The molecule has 0 radical (unpaired) electrons. The van der Waals surface area contributed by atoms with Crippen LogP contribution in [-0.2, 0) is 4.79 Å². The van der Waals surface area contributed by atoms with Gasteiger partial charge in [-0.15, -0.1) is 11.8 Å². The Morgan fingerprint density at radius 3 is 2.37 bits per heavy atom. The molecule has 2 aliphatic heterocycles. The number of thioether (sulfide) groups is 1. The van der Waals surface area contributed by atoms with Crippen molar-refractivity contribution in [1.82, 2.24) is 10.6 Å². The van der Waals surface area contributed by atoms with E-state index >= 15 is 0 Å². The predicted molar refractivity (Wildman–Crippen MR) is 111 cm³/mol. The number of carbonyl (C=O) groups is 1. The van der Waals surface area contributed by atoms with Crippen LogP contribution < -0.4 is 10.6 Å². The summed E-state index contributed by atoms with van der Waals surface area (Å²) in [4.78, 5) is 14.5. The van der Waals surface area contributed by atoms with Crippen molar-refractivity contribution in [1.29, 1.82) is 0 Å². The summed E-state index contributed by atoms with van der Waals surface area (Å²) in [5.74, 6) is 0.185. The van der Waals surface area contributed by atoms with E-state index in [1.807, 2.05) is 11.8 Å². The van der Waals surface area contributed by atoms with Gasteiger partial charge in [0.15, 0.2) is 0 Å². The highest BCUT2D eigenvalue weighted by Gasteiger charge is 2.46. The summed E-state index contributed by atoms with van der Waals surface area (Å²) < 4.78 is 0. The second kappa shape index (κ2) is 5.85. The summed E-state index contributed by atoms with van der Waals surface area (Å²) in [5, 5.41) is 12.1. The van der Waals surface area contributed by atoms with E-state index in [9.17, 15) is 4.79 Å². The molecule has 1 aliphatic carbocycles. The van der Waals surface area contributed by atoms with Gasteiger partial charge in [-0.1, -0.05) is 48.5 Å². The Bertz CT molecular complexity index is 1080. The largest absolute Gasteiger partial charge is 0.336 e. The molecule has 3 aromatic rings. The van der Waals surface area contributed by atoms with E-state index in [2.05, 4.69) is 65.2 Å². The molecule has 3 nitrogen and oxygen atoms in total. The minimum absolute atomic E-state index is 0.00462. The second-order valence-electron chi connectivity index (χ2n) is 7.66. The first-order chi connectivity index (χ1) is 13.3. The van der Waals surface area contributed by atoms with Crippen LogP contribution in [0.15, 0.2) is 65.1 Å². The maximum atomic E-state index is 13.1. The number of hydrogen-bond acceptors (Lipinski definition) is 3. The highest BCUT2D eigenvalue weighted by Crippen LogP contribution is 2.51. The van der Waals surface area contributed by atoms with Crippen molar-refractivity contribution in [2.45, 2.75) is 30.8 Å². The molecule has 6 rings (SSSR count). The van der Waals surface area contributed by atoms with Crippen molar-refractivity contribution in [3.63, 3.8) is 0 Å². The van der Waals surface area contributed by atoms with Crippen molar-refractivity contribution in [2.24, 2.45) is 5.92 Å². The van der Waals surface area contributed by atoms with Crippen LogP contribution in [-0.4, -0.2) is 11.3 Å². The van der Waals surface area contributed by atoms with Gasteiger partial charge in [0.05, 0.1) is 11.3 Å². The lowest BCUT2D eigenvalue weighted by Gasteiger charge is -2.36. The van der Waals surface area contributed by atoms with Gasteiger partial charge < -0.3 is 5.32 Å². The number of rotatable bonds is 1. The maximum absolute atomic E-state index is 13.1. The normalized spacial score (nSPS) is 27.1. The SMILES string of the molecule is O=C1NC(c2c3ccccc3cc3ccccc23)NC2SC3=C(CCC3)C12. The van der Waals surface area contributed by atoms with Gasteiger partial charge in [-0.3, -0.25) is 10.1 Å². The Hall–Kier alpha value is -2.30. The lowest BCUT2D eigenvalue weighted by atomic mass is 9.91. The molecular formula is C23H20N2OS. The van der Waals surface area contributed by atoms with Crippen LogP contribution in [0.3, 0.4) is 0 Å². The average molecular weight is 372 g/mol. The lowest BCUT2D eigenvalue weighted by molar-refractivity contribution is -0.127. The minimum Gasteiger partial charge on any atom is -0.336 e. The fourth-order valence-electron chi connectivity index (χ4n) is 4.99. The molecule has 134 valence electrons. The van der Waals surface area contributed by atoms with Gasteiger partial charge >= 0.3 is 0 Å². The monoisotopic (exact) mass is 372 g/mol. The number of hydrogen-bond donors (Lipinski definition) is 2. The molecule has 0 bridgehead atoms. The van der Waals surface area contributed by atoms with E-state index in [0.29, 0.717) is 0 Å². The molecule has 0 aromatic heterocycles. The van der Waals surface area contributed by atoms with Gasteiger partial charge in [0.2, 0.25) is 5.91 Å². The quantitative estimate of drug-likeness (QED) is 0.601. The van der Waals surface area contributed by atoms with Gasteiger partial charge in [-0.05, 0) is 57.4 Å². The standard InChI is InChI=1S/C23H20N2OS/c26-22-20-17-10-5-11-18(17)27-23(20)25-21(24-22)19-15-8-3-1-6-13(15)12-14-7-2-4-9-16(14)19/h1-4,6-9,12,20-21,23,25H,5,10-11H2,(H,24,26). The molecule has 1 saturated heterocycles. The summed E-state index contributed by atoms with van der Waals surface area (Å²) >= 11 is 1.89. The zero-order chi connectivity index (χ0) is 18.0. The van der Waals surface area contributed by atoms with Gasteiger partial charge in [0, 0.05) is 5.56 Å². The molecule has 4 heteroatoms. The number of benzene rings is 3. The van der Waals surface area contributed by atoms with Crippen molar-refractivity contribution < 1.29 is 4.79 Å². The third kappa shape index (κ3) is 2.30. The molecule has 3 unspecified atom stereocenters. The number of fused-ring (bicyclic) bond motifs is 4. The van der Waals surface area contributed by atoms with Crippen LogP contribution in [0.2, 0.25) is 0 Å². The molecule has 3 aliphatic rings. The van der Waals surface area contributed by atoms with Gasteiger partial charge in [0.1, 0.15) is 6.17 Å². The van der Waals surface area contributed by atoms with Crippen molar-refractivity contribution >= 4 is 39.2 Å². The molecule has 1 fully saturated rings. The third-order valence-corrected chi connectivity index (χ3v) is 7.57. The van der Waals surface area contributed by atoms with Crippen LogP contribution in [0, 0.1) is 5.92 Å². The predicted octanol–water partition coefficient (Wildman–Crippen LogP) is 4.84. The van der Waals surface area contributed by atoms with E-state index < -0.39 is 0 Å².